The van der Waals surface area contributed by atoms with Gasteiger partial charge in [-0.3, -0.25) is 4.40 Å². The van der Waals surface area contributed by atoms with E-state index in [1.54, 1.807) is 19.2 Å². The van der Waals surface area contributed by atoms with Crippen LogP contribution in [0.15, 0.2) is 36.4 Å². The number of methoxy groups -OCH3 is 1. The third kappa shape index (κ3) is 2.00. The molecular formula is C17H9N5OS. The van der Waals surface area contributed by atoms with Gasteiger partial charge in [0.2, 0.25) is 4.96 Å². The maximum absolute atomic E-state index is 9.27. The summed E-state index contributed by atoms with van der Waals surface area (Å²) in [5, 5.41) is 26.9. The fraction of sp³-hybridized carbons (Fsp3) is 0.0588. The summed E-state index contributed by atoms with van der Waals surface area (Å²) in [6.45, 7) is 0. The minimum absolute atomic E-state index is 0.343. The topological polar surface area (TPSA) is 87.0 Å². The van der Waals surface area contributed by atoms with Crippen molar-refractivity contribution in [2.45, 2.75) is 0 Å². The van der Waals surface area contributed by atoms with E-state index in [1.807, 2.05) is 28.7 Å². The molecular weight excluding hydrogens is 322 g/mol. The average molecular weight is 331 g/mol. The molecule has 0 bridgehead atoms. The van der Waals surface area contributed by atoms with E-state index in [9.17, 15) is 10.5 Å². The van der Waals surface area contributed by atoms with Crippen LogP contribution in [0.4, 0.5) is 0 Å². The van der Waals surface area contributed by atoms with Gasteiger partial charge < -0.3 is 4.74 Å². The van der Waals surface area contributed by atoms with E-state index in [-0.39, 0.29) is 0 Å². The van der Waals surface area contributed by atoms with Crippen molar-refractivity contribution in [3.63, 3.8) is 0 Å². The highest BCUT2D eigenvalue weighted by atomic mass is 32.1. The van der Waals surface area contributed by atoms with Crippen LogP contribution in [-0.2, 0) is 0 Å². The number of aromatic nitrogens is 3. The summed E-state index contributed by atoms with van der Waals surface area (Å²) < 4.78 is 8.05. The summed E-state index contributed by atoms with van der Waals surface area (Å²) in [6, 6.07) is 15.1. The fourth-order valence-corrected chi connectivity index (χ4v) is 3.60. The van der Waals surface area contributed by atoms with E-state index in [0.29, 0.717) is 21.9 Å². The Morgan fingerprint density at radius 2 is 1.88 bits per heavy atom. The minimum atomic E-state index is 0.343. The second kappa shape index (κ2) is 5.34. The summed E-state index contributed by atoms with van der Waals surface area (Å²) in [7, 11) is 1.61. The highest BCUT2D eigenvalue weighted by Gasteiger charge is 2.16. The Morgan fingerprint density at radius 1 is 1.08 bits per heavy atom. The van der Waals surface area contributed by atoms with Crippen molar-refractivity contribution in [2.24, 2.45) is 0 Å². The van der Waals surface area contributed by atoms with Crippen LogP contribution in [0.5, 0.6) is 5.75 Å². The molecule has 2 aromatic heterocycles. The molecule has 114 valence electrons. The van der Waals surface area contributed by atoms with Gasteiger partial charge in [-0.15, -0.1) is 10.2 Å². The SMILES string of the molecule is COc1cccc(-c2nnc3sc4cc(C#N)c(C#N)cc4n23)c1. The number of nitrogens with zero attached hydrogens (tertiary/aromatic N) is 5. The standard InChI is InChI=1S/C17H9N5OS/c1-23-13-4-2-3-10(5-13)16-20-21-17-22(16)14-6-11(8-18)12(9-19)7-15(14)24-17/h2-7H,1H3. The van der Waals surface area contributed by atoms with Crippen LogP contribution in [0.3, 0.4) is 0 Å². The molecule has 0 aliphatic rings. The number of hydrogen-bond acceptors (Lipinski definition) is 6. The van der Waals surface area contributed by atoms with Crippen molar-refractivity contribution in [2.75, 3.05) is 7.11 Å². The lowest BCUT2D eigenvalue weighted by Gasteiger charge is -2.03. The van der Waals surface area contributed by atoms with Crippen molar-refractivity contribution in [3.05, 3.63) is 47.5 Å². The van der Waals surface area contributed by atoms with Crippen molar-refractivity contribution in [1.29, 1.82) is 10.5 Å². The Labute approximate surface area is 140 Å². The Kier molecular flexibility index (Phi) is 3.16. The molecule has 24 heavy (non-hydrogen) atoms. The average Bonchev–Trinajstić information content (AvgIpc) is 3.19. The number of nitriles is 2. The molecule has 0 N–H and O–H groups in total. The Hall–Kier alpha value is -3.42. The van der Waals surface area contributed by atoms with Gasteiger partial charge in [-0.25, -0.2) is 0 Å². The summed E-state index contributed by atoms with van der Waals surface area (Å²) in [5.74, 6) is 1.40. The van der Waals surface area contributed by atoms with Gasteiger partial charge in [0, 0.05) is 5.56 Å². The lowest BCUT2D eigenvalue weighted by atomic mass is 10.1. The molecule has 0 aliphatic heterocycles. The third-order valence-corrected chi connectivity index (χ3v) is 4.74. The zero-order valence-corrected chi connectivity index (χ0v) is 13.3. The van der Waals surface area contributed by atoms with Gasteiger partial charge in [0.25, 0.3) is 0 Å². The summed E-state index contributed by atoms with van der Waals surface area (Å²) in [4.78, 5) is 0.710. The number of benzene rings is 2. The lowest BCUT2D eigenvalue weighted by molar-refractivity contribution is 0.415. The smallest absolute Gasteiger partial charge is 0.217 e. The van der Waals surface area contributed by atoms with E-state index in [4.69, 9.17) is 4.74 Å². The molecule has 4 rings (SSSR count). The van der Waals surface area contributed by atoms with Crippen LogP contribution in [0.25, 0.3) is 26.6 Å². The number of ether oxygens (including phenoxy) is 1. The van der Waals surface area contributed by atoms with E-state index in [0.717, 1.165) is 21.5 Å². The van der Waals surface area contributed by atoms with Gasteiger partial charge in [0.05, 0.1) is 28.5 Å². The Morgan fingerprint density at radius 3 is 2.62 bits per heavy atom. The van der Waals surface area contributed by atoms with E-state index in [1.165, 1.54) is 11.3 Å². The summed E-state index contributed by atoms with van der Waals surface area (Å²) in [6.07, 6.45) is 0. The van der Waals surface area contributed by atoms with Crippen LogP contribution in [-0.4, -0.2) is 21.7 Å². The molecule has 0 fully saturated rings. The summed E-state index contributed by atoms with van der Waals surface area (Å²) >= 11 is 1.43. The predicted molar refractivity (Wildman–Crippen MR) is 89.8 cm³/mol. The second-order valence-corrected chi connectivity index (χ2v) is 6.07. The molecule has 0 spiro atoms. The monoisotopic (exact) mass is 331 g/mol. The molecule has 0 atom stereocenters. The van der Waals surface area contributed by atoms with Crippen molar-refractivity contribution in [1.82, 2.24) is 14.6 Å². The van der Waals surface area contributed by atoms with Crippen LogP contribution in [0.2, 0.25) is 0 Å². The number of hydrogen-bond donors (Lipinski definition) is 0. The first-order valence-electron chi connectivity index (χ1n) is 7.01. The van der Waals surface area contributed by atoms with Crippen molar-refractivity contribution < 1.29 is 4.74 Å². The third-order valence-electron chi connectivity index (χ3n) is 3.74. The molecule has 0 amide bonds. The highest BCUT2D eigenvalue weighted by Crippen LogP contribution is 2.32. The maximum Gasteiger partial charge on any atom is 0.217 e. The Bertz CT molecular complexity index is 1180. The highest BCUT2D eigenvalue weighted by molar-refractivity contribution is 7.23. The molecule has 0 saturated heterocycles. The van der Waals surface area contributed by atoms with Crippen LogP contribution >= 0.6 is 11.3 Å². The molecule has 2 aromatic carbocycles. The van der Waals surface area contributed by atoms with Gasteiger partial charge >= 0.3 is 0 Å². The number of thiazole rings is 1. The van der Waals surface area contributed by atoms with Crippen LogP contribution in [0.1, 0.15) is 11.1 Å². The molecule has 4 aromatic rings. The van der Waals surface area contributed by atoms with Crippen molar-refractivity contribution in [3.8, 4) is 29.3 Å². The zero-order chi connectivity index (χ0) is 16.7. The van der Waals surface area contributed by atoms with Gasteiger partial charge in [-0.05, 0) is 24.3 Å². The number of rotatable bonds is 2. The van der Waals surface area contributed by atoms with E-state index >= 15 is 0 Å². The van der Waals surface area contributed by atoms with Gasteiger partial charge in [0.15, 0.2) is 5.82 Å². The minimum Gasteiger partial charge on any atom is -0.497 e. The molecule has 0 unspecified atom stereocenters. The predicted octanol–water partition coefficient (Wildman–Crippen LogP) is 3.36. The molecule has 0 radical (unpaired) electrons. The maximum atomic E-state index is 9.27. The largest absolute Gasteiger partial charge is 0.497 e. The molecule has 7 heteroatoms. The first kappa shape index (κ1) is 14.2. The lowest BCUT2D eigenvalue weighted by Crippen LogP contribution is -1.91. The van der Waals surface area contributed by atoms with Crippen LogP contribution < -0.4 is 4.74 Å². The molecule has 2 heterocycles. The second-order valence-electron chi connectivity index (χ2n) is 5.06. The molecule has 0 saturated carbocycles. The van der Waals surface area contributed by atoms with E-state index < -0.39 is 0 Å². The van der Waals surface area contributed by atoms with E-state index in [2.05, 4.69) is 22.3 Å². The Balaban J connectivity index is 2.05. The first-order valence-corrected chi connectivity index (χ1v) is 7.83. The quantitative estimate of drug-likeness (QED) is 0.562. The van der Waals surface area contributed by atoms with Gasteiger partial charge in [0.1, 0.15) is 17.9 Å². The first-order chi connectivity index (χ1) is 11.7. The number of fused-ring (bicyclic) bond motifs is 3. The fourth-order valence-electron chi connectivity index (χ4n) is 2.61. The zero-order valence-electron chi connectivity index (χ0n) is 12.5. The van der Waals surface area contributed by atoms with Gasteiger partial charge in [-0.2, -0.15) is 10.5 Å². The summed E-state index contributed by atoms with van der Waals surface area (Å²) in [5.41, 5.74) is 2.39. The van der Waals surface area contributed by atoms with Gasteiger partial charge in [-0.1, -0.05) is 23.5 Å². The van der Waals surface area contributed by atoms with Crippen LogP contribution in [0, 0.1) is 22.7 Å². The molecule has 6 nitrogen and oxygen atoms in total. The normalized spacial score (nSPS) is 10.6. The molecule has 0 aliphatic carbocycles. The van der Waals surface area contributed by atoms with Crippen molar-refractivity contribution >= 4 is 26.5 Å².